The molecule has 1 aromatic heterocycles. The molecule has 0 radical (unpaired) electrons. The summed E-state index contributed by atoms with van der Waals surface area (Å²) in [5, 5.41) is 3.97. The van der Waals surface area contributed by atoms with E-state index in [1.807, 2.05) is 24.3 Å². The number of rotatable bonds is 6. The lowest BCUT2D eigenvalue weighted by Crippen LogP contribution is -2.12. The normalized spacial score (nSPS) is 16.0. The topological polar surface area (TPSA) is 68.0 Å². The molecule has 3 N–H and O–H groups in total. The number of carbonyl (C=O) groups is 1. The van der Waals surface area contributed by atoms with Crippen LogP contribution in [0.15, 0.2) is 36.4 Å². The minimum Gasteiger partial charge on any atom is -0.360 e. The number of halogens is 1. The average molecular weight is 369 g/mol. The van der Waals surface area contributed by atoms with Crippen LogP contribution in [0.1, 0.15) is 40.2 Å². The number of benzene rings is 2. The van der Waals surface area contributed by atoms with E-state index in [0.717, 1.165) is 39.3 Å². The lowest BCUT2D eigenvalue weighted by Gasteiger charge is -2.11. The maximum absolute atomic E-state index is 14.2. The zero-order valence-electron chi connectivity index (χ0n) is 14.3. The van der Waals surface area contributed by atoms with Gasteiger partial charge in [-0.1, -0.05) is 23.5 Å². The maximum atomic E-state index is 14.2. The first-order valence-corrected chi connectivity index (χ1v) is 9.62. The van der Waals surface area contributed by atoms with Gasteiger partial charge < -0.3 is 11.1 Å². The number of carbonyl (C=O) groups excluding carboxylic acids is 1. The van der Waals surface area contributed by atoms with Gasteiger partial charge in [0.15, 0.2) is 10.9 Å². The first-order valence-electron chi connectivity index (χ1n) is 8.80. The van der Waals surface area contributed by atoms with Gasteiger partial charge in [0.1, 0.15) is 5.82 Å². The number of anilines is 1. The van der Waals surface area contributed by atoms with Gasteiger partial charge in [0.2, 0.25) is 0 Å². The van der Waals surface area contributed by atoms with Crippen molar-refractivity contribution >= 4 is 32.5 Å². The molecule has 1 aliphatic rings. The number of hydrogen-bond acceptors (Lipinski definition) is 5. The number of aryl methyl sites for hydroxylation is 1. The van der Waals surface area contributed by atoms with Gasteiger partial charge in [-0.15, -0.1) is 0 Å². The van der Waals surface area contributed by atoms with Crippen molar-refractivity contribution in [1.82, 2.24) is 4.98 Å². The van der Waals surface area contributed by atoms with Crippen LogP contribution in [0, 0.1) is 5.82 Å². The molecular weight excluding hydrogens is 349 g/mol. The van der Waals surface area contributed by atoms with Crippen molar-refractivity contribution in [3.63, 3.8) is 0 Å². The van der Waals surface area contributed by atoms with Crippen LogP contribution < -0.4 is 11.1 Å². The molecule has 1 heterocycles. The molecule has 0 amide bonds. The molecule has 6 heteroatoms. The van der Waals surface area contributed by atoms with Crippen molar-refractivity contribution in [3.8, 4) is 0 Å². The van der Waals surface area contributed by atoms with E-state index in [2.05, 4.69) is 10.3 Å². The quantitative estimate of drug-likeness (QED) is 0.642. The number of Topliss-reactive ketones (excluding diaryl/α,β-unsaturated/α-hetero) is 1. The van der Waals surface area contributed by atoms with Crippen LogP contribution in [-0.2, 0) is 6.42 Å². The fourth-order valence-electron chi connectivity index (χ4n) is 3.63. The van der Waals surface area contributed by atoms with Gasteiger partial charge in [-0.05, 0) is 54.2 Å². The van der Waals surface area contributed by atoms with Crippen molar-refractivity contribution in [3.05, 3.63) is 58.9 Å². The zero-order chi connectivity index (χ0) is 18.1. The van der Waals surface area contributed by atoms with E-state index in [1.165, 1.54) is 17.4 Å². The molecular formula is C20H20FN3OS. The molecule has 0 aliphatic heterocycles. The summed E-state index contributed by atoms with van der Waals surface area (Å²) in [6.07, 6.45) is 2.02. The number of ketones is 1. The van der Waals surface area contributed by atoms with Gasteiger partial charge in [0, 0.05) is 25.1 Å². The van der Waals surface area contributed by atoms with Gasteiger partial charge >= 0.3 is 0 Å². The Kier molecular flexibility index (Phi) is 4.70. The largest absolute Gasteiger partial charge is 0.360 e. The highest BCUT2D eigenvalue weighted by Gasteiger charge is 2.28. The Morgan fingerprint density at radius 2 is 2.23 bits per heavy atom. The highest BCUT2D eigenvalue weighted by molar-refractivity contribution is 7.22. The fraction of sp³-hybridized carbons (Fsp3) is 0.300. The van der Waals surface area contributed by atoms with Crippen LogP contribution in [0.25, 0.3) is 10.2 Å². The highest BCUT2D eigenvalue weighted by Crippen LogP contribution is 2.38. The molecule has 1 aliphatic carbocycles. The van der Waals surface area contributed by atoms with Gasteiger partial charge in [-0.2, -0.15) is 0 Å². The second-order valence-electron chi connectivity index (χ2n) is 6.59. The summed E-state index contributed by atoms with van der Waals surface area (Å²) in [7, 11) is 0. The van der Waals surface area contributed by atoms with E-state index in [0.29, 0.717) is 25.1 Å². The van der Waals surface area contributed by atoms with E-state index in [4.69, 9.17) is 5.73 Å². The first kappa shape index (κ1) is 17.1. The molecule has 4 rings (SSSR count). The second kappa shape index (κ2) is 7.13. The monoisotopic (exact) mass is 369 g/mol. The Bertz CT molecular complexity index is 969. The molecule has 26 heavy (non-hydrogen) atoms. The third-order valence-electron chi connectivity index (χ3n) is 4.88. The fourth-order valence-corrected chi connectivity index (χ4v) is 4.56. The summed E-state index contributed by atoms with van der Waals surface area (Å²) in [6, 6.07) is 10.8. The number of aromatic nitrogens is 1. The minimum absolute atomic E-state index is 0.0300. The van der Waals surface area contributed by atoms with E-state index in [-0.39, 0.29) is 17.5 Å². The Morgan fingerprint density at radius 3 is 3.08 bits per heavy atom. The molecule has 1 atom stereocenters. The molecule has 0 unspecified atom stereocenters. The van der Waals surface area contributed by atoms with E-state index in [1.54, 1.807) is 6.07 Å². The lowest BCUT2D eigenvalue weighted by molar-refractivity contribution is 0.0973. The van der Waals surface area contributed by atoms with Crippen molar-refractivity contribution < 1.29 is 9.18 Å². The van der Waals surface area contributed by atoms with Gasteiger partial charge in [0.25, 0.3) is 0 Å². The van der Waals surface area contributed by atoms with Gasteiger partial charge in [0.05, 0.1) is 10.2 Å². The minimum atomic E-state index is -0.189. The zero-order valence-corrected chi connectivity index (χ0v) is 15.1. The molecule has 0 spiro atoms. The molecule has 134 valence electrons. The molecule has 0 fully saturated rings. The predicted molar refractivity (Wildman–Crippen MR) is 104 cm³/mol. The number of nitrogens with zero attached hydrogens (tertiary/aromatic N) is 1. The predicted octanol–water partition coefficient (Wildman–Crippen LogP) is 4.11. The van der Waals surface area contributed by atoms with Gasteiger partial charge in [-0.25, -0.2) is 9.37 Å². The Labute approximate surface area is 155 Å². The molecule has 0 saturated heterocycles. The number of thiazole rings is 1. The number of hydrogen-bond donors (Lipinski definition) is 2. The third-order valence-corrected chi connectivity index (χ3v) is 5.85. The van der Waals surface area contributed by atoms with Crippen LogP contribution in [0.2, 0.25) is 0 Å². The molecule has 0 saturated carbocycles. The van der Waals surface area contributed by atoms with E-state index < -0.39 is 0 Å². The van der Waals surface area contributed by atoms with Crippen LogP contribution >= 0.6 is 11.3 Å². The SMILES string of the molecule is NCCNc1nc2ccc(C(=O)C[C@H]3CCc4cccc(F)c43)cc2s1. The Morgan fingerprint density at radius 1 is 1.35 bits per heavy atom. The van der Waals surface area contributed by atoms with Crippen LogP contribution in [0.4, 0.5) is 9.52 Å². The molecule has 3 aromatic rings. The summed E-state index contributed by atoms with van der Waals surface area (Å²) in [5.74, 6) is -0.165. The van der Waals surface area contributed by atoms with Crippen molar-refractivity contribution in [2.24, 2.45) is 5.73 Å². The van der Waals surface area contributed by atoms with Crippen LogP contribution in [0.3, 0.4) is 0 Å². The first-order chi connectivity index (χ1) is 12.7. The Balaban J connectivity index is 1.54. The average Bonchev–Trinajstić information content (AvgIpc) is 3.23. The summed E-state index contributed by atoms with van der Waals surface area (Å²) >= 11 is 1.51. The number of fused-ring (bicyclic) bond motifs is 2. The Hall–Kier alpha value is -2.31. The molecule has 2 aromatic carbocycles. The smallest absolute Gasteiger partial charge is 0.183 e. The van der Waals surface area contributed by atoms with Crippen LogP contribution in [0.5, 0.6) is 0 Å². The summed E-state index contributed by atoms with van der Waals surface area (Å²) in [4.78, 5) is 17.3. The second-order valence-corrected chi connectivity index (χ2v) is 7.62. The number of nitrogens with two attached hydrogens (primary N) is 1. The van der Waals surface area contributed by atoms with Crippen molar-refractivity contribution in [2.45, 2.75) is 25.2 Å². The third kappa shape index (κ3) is 3.22. The maximum Gasteiger partial charge on any atom is 0.183 e. The highest BCUT2D eigenvalue weighted by atomic mass is 32.1. The standard InChI is InChI=1S/C20H20FN3OS/c21-15-3-1-2-12-4-5-14(19(12)15)10-17(25)13-6-7-16-18(11-13)26-20(24-16)23-9-8-22/h1-3,6-7,11,14H,4-5,8-10,22H2,(H,23,24)/t14-/m1/s1. The summed E-state index contributed by atoms with van der Waals surface area (Å²) in [6.45, 7) is 1.21. The van der Waals surface area contributed by atoms with Crippen LogP contribution in [-0.4, -0.2) is 23.9 Å². The van der Waals surface area contributed by atoms with Gasteiger partial charge in [-0.3, -0.25) is 4.79 Å². The van der Waals surface area contributed by atoms with Crippen molar-refractivity contribution in [2.75, 3.05) is 18.4 Å². The van der Waals surface area contributed by atoms with E-state index >= 15 is 0 Å². The number of nitrogens with one attached hydrogen (secondary N) is 1. The summed E-state index contributed by atoms with van der Waals surface area (Å²) < 4.78 is 15.1. The van der Waals surface area contributed by atoms with Crippen molar-refractivity contribution in [1.29, 1.82) is 0 Å². The lowest BCUT2D eigenvalue weighted by atomic mass is 9.92. The molecule has 0 bridgehead atoms. The van der Waals surface area contributed by atoms with E-state index in [9.17, 15) is 9.18 Å². The summed E-state index contributed by atoms with van der Waals surface area (Å²) in [5.41, 5.74) is 8.80. The molecule has 4 nitrogen and oxygen atoms in total.